The van der Waals surface area contributed by atoms with Gasteiger partial charge in [0.2, 0.25) is 0 Å². The fraction of sp³-hybridized carbons (Fsp3) is 0.382. The molecule has 4 aromatic rings. The van der Waals surface area contributed by atoms with E-state index in [1.165, 1.54) is 11.1 Å². The van der Waals surface area contributed by atoms with Crippen molar-refractivity contribution in [2.24, 2.45) is 0 Å². The zero-order chi connectivity index (χ0) is 29.8. The number of rotatable bonds is 11. The van der Waals surface area contributed by atoms with E-state index in [9.17, 15) is 15.0 Å². The van der Waals surface area contributed by atoms with E-state index in [4.69, 9.17) is 14.2 Å². The Morgan fingerprint density at radius 2 is 1.86 bits per heavy atom. The van der Waals surface area contributed by atoms with Gasteiger partial charge in [-0.05, 0) is 96.4 Å². The summed E-state index contributed by atoms with van der Waals surface area (Å²) in [5.41, 5.74) is 4.64. The van der Waals surface area contributed by atoms with Crippen LogP contribution in [0.4, 0.5) is 0 Å². The van der Waals surface area contributed by atoms with Crippen LogP contribution in [0, 0.1) is 0 Å². The molecule has 0 radical (unpaired) electrons. The molecule has 2 aliphatic rings. The van der Waals surface area contributed by atoms with Crippen LogP contribution in [0.2, 0.25) is 0 Å². The van der Waals surface area contributed by atoms with Crippen LogP contribution in [0.15, 0.2) is 60.7 Å². The number of aliphatic carboxylic acids is 1. The molecule has 2 fully saturated rings. The van der Waals surface area contributed by atoms with Gasteiger partial charge in [0.05, 0.1) is 20.3 Å². The van der Waals surface area contributed by atoms with E-state index in [0.717, 1.165) is 89.8 Å². The smallest absolute Gasteiger partial charge is 0.320 e. The number of phenolic OH excluding ortho intramolecular Hbond substituents is 1. The molecule has 8 nitrogen and oxygen atoms in total. The summed E-state index contributed by atoms with van der Waals surface area (Å²) in [6.07, 6.45) is 2.34. The Bertz CT molecular complexity index is 1560. The lowest BCUT2D eigenvalue weighted by atomic mass is 9.97. The van der Waals surface area contributed by atoms with Crippen molar-refractivity contribution < 1.29 is 29.2 Å². The van der Waals surface area contributed by atoms with E-state index in [1.807, 2.05) is 29.2 Å². The minimum Gasteiger partial charge on any atom is -0.508 e. The van der Waals surface area contributed by atoms with Gasteiger partial charge in [-0.3, -0.25) is 14.6 Å². The highest BCUT2D eigenvalue weighted by Gasteiger charge is 2.30. The molecule has 2 aliphatic heterocycles. The maximum Gasteiger partial charge on any atom is 0.320 e. The number of benzene rings is 3. The Balaban J connectivity index is 1.20. The first-order valence-electron chi connectivity index (χ1n) is 14.9. The number of aromatic hydroxyl groups is 1. The summed E-state index contributed by atoms with van der Waals surface area (Å²) >= 11 is 1.68. The molecular formula is C34H38N2O6S. The second kappa shape index (κ2) is 13.3. The zero-order valence-electron chi connectivity index (χ0n) is 24.5. The quantitative estimate of drug-likeness (QED) is 0.228. The molecule has 0 amide bonds. The van der Waals surface area contributed by atoms with Gasteiger partial charge in [0.15, 0.2) is 0 Å². The van der Waals surface area contributed by atoms with Crippen LogP contribution in [0.5, 0.6) is 17.2 Å². The first-order valence-corrected chi connectivity index (χ1v) is 15.7. The summed E-state index contributed by atoms with van der Waals surface area (Å²) < 4.78 is 18.4. The van der Waals surface area contributed by atoms with Crippen LogP contribution in [-0.2, 0) is 22.5 Å². The van der Waals surface area contributed by atoms with Gasteiger partial charge < -0.3 is 24.4 Å². The highest BCUT2D eigenvalue weighted by Crippen LogP contribution is 2.42. The van der Waals surface area contributed by atoms with Gasteiger partial charge >= 0.3 is 5.97 Å². The minimum absolute atomic E-state index is 0.257. The van der Waals surface area contributed by atoms with Crippen molar-refractivity contribution in [3.05, 3.63) is 77.4 Å². The van der Waals surface area contributed by atoms with E-state index in [-0.39, 0.29) is 5.75 Å². The minimum atomic E-state index is -0.753. The van der Waals surface area contributed by atoms with E-state index in [1.54, 1.807) is 24.5 Å². The summed E-state index contributed by atoms with van der Waals surface area (Å²) in [5, 5.41) is 20.7. The molecule has 0 bridgehead atoms. The van der Waals surface area contributed by atoms with Crippen molar-refractivity contribution in [1.82, 2.24) is 9.80 Å². The highest BCUT2D eigenvalue weighted by atomic mass is 32.1. The largest absolute Gasteiger partial charge is 0.508 e. The topological polar surface area (TPSA) is 91.7 Å². The molecule has 2 saturated heterocycles. The summed E-state index contributed by atoms with van der Waals surface area (Å²) in [6.45, 7) is 6.06. The van der Waals surface area contributed by atoms with Crippen LogP contribution in [0.3, 0.4) is 0 Å². The van der Waals surface area contributed by atoms with Crippen LogP contribution in [0.1, 0.15) is 29.5 Å². The number of carboxylic acids is 1. The van der Waals surface area contributed by atoms with Crippen molar-refractivity contribution in [3.63, 3.8) is 0 Å². The standard InChI is InChI=1S/C34H38N2O6S/c1-40-31-20-23(4-5-25(31)22-35-13-16-41-17-14-35)19-29-28-11-8-26(37)21-32(28)43-33(29)24-6-9-27(10-7-24)42-18-15-36-12-2-3-30(36)34(38)39/h4-11,20-21,30,37H,2-3,12-19,22H2,1H3,(H,38,39). The van der Waals surface area contributed by atoms with Gasteiger partial charge in [-0.1, -0.05) is 12.1 Å². The molecule has 1 aromatic heterocycles. The molecule has 0 spiro atoms. The second-order valence-corrected chi connectivity index (χ2v) is 12.3. The first-order chi connectivity index (χ1) is 21.0. The van der Waals surface area contributed by atoms with Crippen molar-refractivity contribution in [3.8, 4) is 27.7 Å². The van der Waals surface area contributed by atoms with Crippen LogP contribution in [0.25, 0.3) is 20.5 Å². The number of likely N-dealkylation sites (tertiary alicyclic amines) is 1. The number of morpholine rings is 1. The Morgan fingerprint density at radius 3 is 2.63 bits per heavy atom. The fourth-order valence-electron chi connectivity index (χ4n) is 6.14. The normalized spacial score (nSPS) is 17.8. The van der Waals surface area contributed by atoms with Gasteiger partial charge in [-0.15, -0.1) is 11.3 Å². The third kappa shape index (κ3) is 6.80. The Hall–Kier alpha value is -3.63. The lowest BCUT2D eigenvalue weighted by Gasteiger charge is -2.27. The van der Waals surface area contributed by atoms with Gasteiger partial charge in [-0.2, -0.15) is 0 Å². The molecule has 1 unspecified atom stereocenters. The van der Waals surface area contributed by atoms with Gasteiger partial charge in [0.25, 0.3) is 0 Å². The van der Waals surface area contributed by atoms with E-state index in [0.29, 0.717) is 19.6 Å². The Morgan fingerprint density at radius 1 is 1.05 bits per heavy atom. The Labute approximate surface area is 256 Å². The number of methoxy groups -OCH3 is 1. The molecule has 3 heterocycles. The summed E-state index contributed by atoms with van der Waals surface area (Å²) in [5.74, 6) is 1.16. The van der Waals surface area contributed by atoms with Crippen LogP contribution in [-0.4, -0.2) is 85.1 Å². The van der Waals surface area contributed by atoms with Crippen molar-refractivity contribution in [1.29, 1.82) is 0 Å². The first kappa shape index (κ1) is 29.4. The Kier molecular flexibility index (Phi) is 9.14. The van der Waals surface area contributed by atoms with Crippen molar-refractivity contribution >= 4 is 27.4 Å². The lowest BCUT2D eigenvalue weighted by molar-refractivity contribution is -0.142. The lowest BCUT2D eigenvalue weighted by Crippen LogP contribution is -2.38. The maximum absolute atomic E-state index is 11.5. The van der Waals surface area contributed by atoms with Gasteiger partial charge in [-0.25, -0.2) is 0 Å². The summed E-state index contributed by atoms with van der Waals surface area (Å²) in [7, 11) is 1.73. The fourth-order valence-corrected chi connectivity index (χ4v) is 7.40. The van der Waals surface area contributed by atoms with Crippen LogP contribution < -0.4 is 9.47 Å². The number of fused-ring (bicyclic) bond motifs is 1. The molecular weight excluding hydrogens is 564 g/mol. The average Bonchev–Trinajstić information content (AvgIpc) is 3.63. The number of phenols is 1. The number of ether oxygens (including phenoxy) is 3. The highest BCUT2D eigenvalue weighted by molar-refractivity contribution is 7.22. The zero-order valence-corrected chi connectivity index (χ0v) is 25.3. The van der Waals surface area contributed by atoms with E-state index >= 15 is 0 Å². The van der Waals surface area contributed by atoms with E-state index < -0.39 is 12.0 Å². The third-order valence-corrected chi connectivity index (χ3v) is 9.66. The number of carbonyl (C=O) groups is 1. The SMILES string of the molecule is COc1cc(Cc2c(-c3ccc(OCCN4CCCC4C(=O)O)cc3)sc3cc(O)ccc23)ccc1CN1CCOCC1. The van der Waals surface area contributed by atoms with Crippen molar-refractivity contribution in [2.75, 3.05) is 53.1 Å². The molecule has 226 valence electrons. The molecule has 1 atom stereocenters. The summed E-state index contributed by atoms with van der Waals surface area (Å²) in [6, 6.07) is 19.8. The predicted molar refractivity (Wildman–Crippen MR) is 169 cm³/mol. The summed E-state index contributed by atoms with van der Waals surface area (Å²) in [4.78, 5) is 17.0. The number of hydrogen-bond donors (Lipinski definition) is 2. The van der Waals surface area contributed by atoms with Crippen LogP contribution >= 0.6 is 11.3 Å². The molecule has 6 rings (SSSR count). The molecule has 9 heteroatoms. The number of nitrogens with zero attached hydrogens (tertiary/aromatic N) is 2. The molecule has 3 aromatic carbocycles. The number of hydrogen-bond acceptors (Lipinski definition) is 8. The molecule has 0 aliphatic carbocycles. The predicted octanol–water partition coefficient (Wildman–Crippen LogP) is 5.63. The van der Waals surface area contributed by atoms with Gasteiger partial charge in [0.1, 0.15) is 29.9 Å². The van der Waals surface area contributed by atoms with Crippen molar-refractivity contribution in [2.45, 2.75) is 31.8 Å². The number of thiophene rings is 1. The van der Waals surface area contributed by atoms with E-state index in [2.05, 4.69) is 35.2 Å². The molecule has 2 N–H and O–H groups in total. The molecule has 43 heavy (non-hydrogen) atoms. The third-order valence-electron chi connectivity index (χ3n) is 8.42. The van der Waals surface area contributed by atoms with Gasteiger partial charge in [0, 0.05) is 41.3 Å². The second-order valence-electron chi connectivity index (χ2n) is 11.2. The maximum atomic E-state index is 11.5. The number of carboxylic acid groups (broad SMARTS) is 1. The molecule has 0 saturated carbocycles. The average molecular weight is 603 g/mol. The monoisotopic (exact) mass is 602 g/mol.